The summed E-state index contributed by atoms with van der Waals surface area (Å²) in [5, 5.41) is 3.00. The highest BCUT2D eigenvalue weighted by molar-refractivity contribution is 5.91. The van der Waals surface area contributed by atoms with E-state index in [-0.39, 0.29) is 6.03 Å². The first-order chi connectivity index (χ1) is 11.2. The van der Waals surface area contributed by atoms with E-state index in [1.807, 2.05) is 36.1 Å². The molecule has 3 rings (SSSR count). The quantitative estimate of drug-likeness (QED) is 0.926. The van der Waals surface area contributed by atoms with Crippen molar-refractivity contribution in [2.24, 2.45) is 11.8 Å². The summed E-state index contributed by atoms with van der Waals surface area (Å²) in [5.74, 6) is 1.76. The van der Waals surface area contributed by atoms with E-state index in [0.717, 1.165) is 30.9 Å². The fraction of sp³-hybridized carbons (Fsp3) is 0.611. The molecule has 3 atom stereocenters. The minimum atomic E-state index is -0.0404. The zero-order valence-electron chi connectivity index (χ0n) is 14.0. The number of ether oxygens (including phenoxy) is 2. The van der Waals surface area contributed by atoms with Gasteiger partial charge in [0.2, 0.25) is 0 Å². The Morgan fingerprint density at radius 2 is 2.13 bits per heavy atom. The Kier molecular flexibility index (Phi) is 5.06. The van der Waals surface area contributed by atoms with Gasteiger partial charge in [-0.05, 0) is 37.8 Å². The Labute approximate surface area is 137 Å². The number of para-hydroxylation sites is 2. The number of methoxy groups -OCH3 is 1. The molecule has 5 heteroatoms. The molecule has 1 saturated heterocycles. The Hall–Kier alpha value is -1.75. The molecule has 0 unspecified atom stereocenters. The second-order valence-corrected chi connectivity index (χ2v) is 6.39. The number of hydrogen-bond acceptors (Lipinski definition) is 3. The van der Waals surface area contributed by atoms with Crippen LogP contribution in [0.15, 0.2) is 24.3 Å². The molecule has 1 heterocycles. The largest absolute Gasteiger partial charge is 0.492 e. The molecule has 1 N–H and O–H groups in total. The molecular formula is C18H26N2O3. The number of anilines is 1. The topological polar surface area (TPSA) is 50.8 Å². The molecule has 1 aliphatic heterocycles. The van der Waals surface area contributed by atoms with Crippen molar-refractivity contribution in [1.82, 2.24) is 4.90 Å². The van der Waals surface area contributed by atoms with Crippen LogP contribution >= 0.6 is 0 Å². The van der Waals surface area contributed by atoms with Crippen molar-refractivity contribution in [1.29, 1.82) is 0 Å². The molecule has 2 aliphatic rings. The summed E-state index contributed by atoms with van der Waals surface area (Å²) >= 11 is 0. The van der Waals surface area contributed by atoms with Gasteiger partial charge in [0.15, 0.2) is 0 Å². The predicted molar refractivity (Wildman–Crippen MR) is 89.8 cm³/mol. The molecule has 5 nitrogen and oxygen atoms in total. The van der Waals surface area contributed by atoms with Gasteiger partial charge in [-0.15, -0.1) is 0 Å². The number of rotatable bonds is 4. The molecule has 0 radical (unpaired) electrons. The second kappa shape index (κ2) is 7.21. The van der Waals surface area contributed by atoms with Crippen molar-refractivity contribution in [2.45, 2.75) is 32.3 Å². The molecule has 2 amide bonds. The minimum absolute atomic E-state index is 0.0404. The van der Waals surface area contributed by atoms with E-state index in [0.29, 0.717) is 24.5 Å². The van der Waals surface area contributed by atoms with Gasteiger partial charge in [0.1, 0.15) is 5.75 Å². The van der Waals surface area contributed by atoms with Crippen LogP contribution in [0.1, 0.15) is 26.2 Å². The summed E-state index contributed by atoms with van der Waals surface area (Å²) in [7, 11) is 1.79. The van der Waals surface area contributed by atoms with Crippen LogP contribution in [0.25, 0.3) is 0 Å². The summed E-state index contributed by atoms with van der Waals surface area (Å²) in [6.45, 7) is 4.13. The summed E-state index contributed by atoms with van der Waals surface area (Å²) in [4.78, 5) is 14.6. The third kappa shape index (κ3) is 3.44. The second-order valence-electron chi connectivity index (χ2n) is 6.39. The third-order valence-electron chi connectivity index (χ3n) is 5.05. The van der Waals surface area contributed by atoms with Gasteiger partial charge in [-0.2, -0.15) is 0 Å². The van der Waals surface area contributed by atoms with Crippen molar-refractivity contribution in [3.63, 3.8) is 0 Å². The van der Waals surface area contributed by atoms with Gasteiger partial charge < -0.3 is 19.7 Å². The summed E-state index contributed by atoms with van der Waals surface area (Å²) in [5.41, 5.74) is 0.734. The maximum atomic E-state index is 12.6. The molecule has 23 heavy (non-hydrogen) atoms. The van der Waals surface area contributed by atoms with Crippen molar-refractivity contribution in [3.8, 4) is 5.75 Å². The number of likely N-dealkylation sites (tertiary alicyclic amines) is 1. The SMILES string of the molecule is CCOc1ccccc1NC(=O)N1C[C@H]2CCC[C@@H](OC)[C@H]2C1. The molecule has 0 spiro atoms. The van der Waals surface area contributed by atoms with Gasteiger partial charge in [0.25, 0.3) is 0 Å². The van der Waals surface area contributed by atoms with E-state index < -0.39 is 0 Å². The Bertz CT molecular complexity index is 549. The summed E-state index contributed by atoms with van der Waals surface area (Å²) in [6.07, 6.45) is 3.80. The van der Waals surface area contributed by atoms with Crippen LogP contribution in [0.5, 0.6) is 5.75 Å². The van der Waals surface area contributed by atoms with Gasteiger partial charge in [0.05, 0.1) is 18.4 Å². The monoisotopic (exact) mass is 318 g/mol. The van der Waals surface area contributed by atoms with Crippen molar-refractivity contribution >= 4 is 11.7 Å². The number of benzene rings is 1. The Morgan fingerprint density at radius 1 is 1.30 bits per heavy atom. The fourth-order valence-corrected chi connectivity index (χ4v) is 3.92. The molecular weight excluding hydrogens is 292 g/mol. The molecule has 1 aliphatic carbocycles. The lowest BCUT2D eigenvalue weighted by Crippen LogP contribution is -2.35. The van der Waals surface area contributed by atoms with Crippen LogP contribution < -0.4 is 10.1 Å². The van der Waals surface area contributed by atoms with Crippen molar-refractivity contribution in [3.05, 3.63) is 24.3 Å². The first-order valence-corrected chi connectivity index (χ1v) is 8.53. The van der Waals surface area contributed by atoms with Crippen molar-refractivity contribution in [2.75, 3.05) is 32.1 Å². The number of fused-ring (bicyclic) bond motifs is 1. The maximum Gasteiger partial charge on any atom is 0.321 e. The maximum absolute atomic E-state index is 12.6. The van der Waals surface area contributed by atoms with Gasteiger partial charge in [-0.3, -0.25) is 0 Å². The molecule has 1 aromatic rings. The average molecular weight is 318 g/mol. The number of urea groups is 1. The number of nitrogens with one attached hydrogen (secondary N) is 1. The Balaban J connectivity index is 1.65. The number of amides is 2. The highest BCUT2D eigenvalue weighted by Crippen LogP contribution is 2.38. The number of carbonyl (C=O) groups is 1. The van der Waals surface area contributed by atoms with Crippen molar-refractivity contribution < 1.29 is 14.3 Å². The lowest BCUT2D eigenvalue weighted by molar-refractivity contribution is 0.0130. The normalized spacial score (nSPS) is 26.7. The van der Waals surface area contributed by atoms with Crippen LogP contribution in [0.3, 0.4) is 0 Å². The highest BCUT2D eigenvalue weighted by atomic mass is 16.5. The van der Waals surface area contributed by atoms with Gasteiger partial charge in [-0.25, -0.2) is 4.79 Å². The van der Waals surface area contributed by atoms with E-state index in [1.165, 1.54) is 12.8 Å². The van der Waals surface area contributed by atoms with E-state index in [4.69, 9.17) is 9.47 Å². The first-order valence-electron chi connectivity index (χ1n) is 8.53. The number of carbonyl (C=O) groups excluding carboxylic acids is 1. The predicted octanol–water partition coefficient (Wildman–Crippen LogP) is 3.36. The Morgan fingerprint density at radius 3 is 2.91 bits per heavy atom. The molecule has 0 bridgehead atoms. The van der Waals surface area contributed by atoms with E-state index >= 15 is 0 Å². The zero-order chi connectivity index (χ0) is 16.2. The molecule has 126 valence electrons. The minimum Gasteiger partial charge on any atom is -0.492 e. The average Bonchev–Trinajstić information content (AvgIpc) is 3.01. The summed E-state index contributed by atoms with van der Waals surface area (Å²) < 4.78 is 11.2. The zero-order valence-corrected chi connectivity index (χ0v) is 14.0. The van der Waals surface area contributed by atoms with E-state index in [9.17, 15) is 4.79 Å². The van der Waals surface area contributed by atoms with Gasteiger partial charge >= 0.3 is 6.03 Å². The van der Waals surface area contributed by atoms with Crippen LogP contribution in [-0.2, 0) is 4.74 Å². The molecule has 1 saturated carbocycles. The third-order valence-corrected chi connectivity index (χ3v) is 5.05. The van der Waals surface area contributed by atoms with Crippen LogP contribution in [-0.4, -0.2) is 43.8 Å². The van der Waals surface area contributed by atoms with Crippen LogP contribution in [0.2, 0.25) is 0 Å². The number of hydrogen-bond donors (Lipinski definition) is 1. The molecule has 1 aromatic carbocycles. The highest BCUT2D eigenvalue weighted by Gasteiger charge is 2.42. The fourth-order valence-electron chi connectivity index (χ4n) is 3.92. The van der Waals surface area contributed by atoms with Gasteiger partial charge in [-0.1, -0.05) is 18.6 Å². The molecule has 0 aromatic heterocycles. The smallest absolute Gasteiger partial charge is 0.321 e. The van der Waals surface area contributed by atoms with E-state index in [1.54, 1.807) is 7.11 Å². The standard InChI is InChI=1S/C18H26N2O3/c1-3-23-17-9-5-4-8-15(17)19-18(21)20-11-13-7-6-10-16(22-2)14(13)12-20/h4-5,8-9,13-14,16H,3,6-7,10-12H2,1-2H3,(H,19,21)/t13-,14+,16-/m1/s1. The lowest BCUT2D eigenvalue weighted by Gasteiger charge is -2.31. The van der Waals surface area contributed by atoms with E-state index in [2.05, 4.69) is 5.32 Å². The van der Waals surface area contributed by atoms with Crippen LogP contribution in [0.4, 0.5) is 10.5 Å². The van der Waals surface area contributed by atoms with Gasteiger partial charge in [0, 0.05) is 26.1 Å². The first kappa shape index (κ1) is 16.1. The molecule has 2 fully saturated rings. The lowest BCUT2D eigenvalue weighted by atomic mass is 9.79. The number of nitrogens with zero attached hydrogens (tertiary/aromatic N) is 1. The summed E-state index contributed by atoms with van der Waals surface area (Å²) in [6, 6.07) is 7.53. The van der Waals surface area contributed by atoms with Crippen LogP contribution in [0, 0.1) is 11.8 Å².